The fourth-order valence-electron chi connectivity index (χ4n) is 1.12. The molecule has 0 aromatic rings. The van der Waals surface area contributed by atoms with Crippen LogP contribution in [0.5, 0.6) is 0 Å². The van der Waals surface area contributed by atoms with Crippen molar-refractivity contribution in [2.45, 2.75) is 51.9 Å². The quantitative estimate of drug-likeness (QED) is 0.438. The lowest BCUT2D eigenvalue weighted by atomic mass is 10.2. The van der Waals surface area contributed by atoms with Crippen LogP contribution in [0.15, 0.2) is 12.2 Å². The lowest BCUT2D eigenvalue weighted by molar-refractivity contribution is 0.285. The molecule has 0 saturated carbocycles. The number of unbranched alkanes of at least 4 members (excludes halogenated alkanes) is 5. The van der Waals surface area contributed by atoms with Crippen LogP contribution in [0.1, 0.15) is 51.9 Å². The van der Waals surface area contributed by atoms with E-state index in [1.807, 2.05) is 0 Å². The van der Waals surface area contributed by atoms with Crippen molar-refractivity contribution in [3.8, 4) is 0 Å². The Morgan fingerprint density at radius 1 is 0.917 bits per heavy atom. The van der Waals surface area contributed by atoms with Gasteiger partial charge in [0.2, 0.25) is 0 Å². The molecule has 0 spiro atoms. The van der Waals surface area contributed by atoms with E-state index in [-0.39, 0.29) is 0 Å². The smallest absolute Gasteiger partial charge is 0.0431 e. The second-order valence-corrected chi connectivity index (χ2v) is 3.19. The first-order valence-corrected chi connectivity index (χ1v) is 5.17. The molecule has 0 atom stereocenters. The normalized spacial score (nSPS) is 11.2. The van der Waals surface area contributed by atoms with Crippen molar-refractivity contribution < 1.29 is 5.11 Å². The van der Waals surface area contributed by atoms with Gasteiger partial charge in [-0.3, -0.25) is 0 Å². The first kappa shape index (κ1) is 11.7. The van der Waals surface area contributed by atoms with Crippen molar-refractivity contribution in [1.82, 2.24) is 0 Å². The SMILES string of the molecule is CCCCCC=CCCCCO. The van der Waals surface area contributed by atoms with Crippen LogP contribution < -0.4 is 0 Å². The third-order valence-corrected chi connectivity index (χ3v) is 1.92. The van der Waals surface area contributed by atoms with Gasteiger partial charge in [0.1, 0.15) is 0 Å². The van der Waals surface area contributed by atoms with E-state index < -0.39 is 0 Å². The molecule has 0 aromatic heterocycles. The minimum Gasteiger partial charge on any atom is -0.396 e. The zero-order valence-electron chi connectivity index (χ0n) is 8.26. The van der Waals surface area contributed by atoms with Gasteiger partial charge in [-0.05, 0) is 32.1 Å². The number of aliphatic hydroxyl groups is 1. The summed E-state index contributed by atoms with van der Waals surface area (Å²) in [5.41, 5.74) is 0. The monoisotopic (exact) mass is 170 g/mol. The van der Waals surface area contributed by atoms with E-state index in [1.165, 1.54) is 25.7 Å². The Bertz CT molecular complexity index is 85.2. The highest BCUT2D eigenvalue weighted by Gasteiger charge is 1.83. The average Bonchev–Trinajstić information content (AvgIpc) is 2.10. The van der Waals surface area contributed by atoms with Crippen molar-refractivity contribution in [2.24, 2.45) is 0 Å². The summed E-state index contributed by atoms with van der Waals surface area (Å²) in [6.07, 6.45) is 12.9. The maximum absolute atomic E-state index is 8.51. The summed E-state index contributed by atoms with van der Waals surface area (Å²) < 4.78 is 0. The summed E-state index contributed by atoms with van der Waals surface area (Å²) in [7, 11) is 0. The van der Waals surface area contributed by atoms with E-state index in [9.17, 15) is 0 Å². The fourth-order valence-corrected chi connectivity index (χ4v) is 1.12. The van der Waals surface area contributed by atoms with Crippen LogP contribution in [0, 0.1) is 0 Å². The van der Waals surface area contributed by atoms with Crippen molar-refractivity contribution >= 4 is 0 Å². The number of hydrogen-bond acceptors (Lipinski definition) is 1. The first-order valence-electron chi connectivity index (χ1n) is 5.17. The zero-order chi connectivity index (χ0) is 9.07. The second kappa shape index (κ2) is 10.7. The van der Waals surface area contributed by atoms with E-state index in [4.69, 9.17) is 5.11 Å². The van der Waals surface area contributed by atoms with Gasteiger partial charge in [0, 0.05) is 6.61 Å². The fraction of sp³-hybridized carbons (Fsp3) is 0.818. The third-order valence-electron chi connectivity index (χ3n) is 1.92. The number of aliphatic hydroxyl groups excluding tert-OH is 1. The largest absolute Gasteiger partial charge is 0.396 e. The van der Waals surface area contributed by atoms with Crippen LogP contribution in [-0.2, 0) is 0 Å². The van der Waals surface area contributed by atoms with E-state index in [0.717, 1.165) is 19.3 Å². The number of rotatable bonds is 8. The average molecular weight is 170 g/mol. The van der Waals surface area contributed by atoms with Crippen LogP contribution in [0.4, 0.5) is 0 Å². The van der Waals surface area contributed by atoms with Gasteiger partial charge >= 0.3 is 0 Å². The van der Waals surface area contributed by atoms with Crippen molar-refractivity contribution in [1.29, 1.82) is 0 Å². The third kappa shape index (κ3) is 9.70. The Morgan fingerprint density at radius 3 is 2.00 bits per heavy atom. The van der Waals surface area contributed by atoms with Crippen LogP contribution in [0.2, 0.25) is 0 Å². The van der Waals surface area contributed by atoms with Gasteiger partial charge in [0.15, 0.2) is 0 Å². The molecule has 0 unspecified atom stereocenters. The standard InChI is InChI=1S/C11H22O/c1-2-3-4-5-6-7-8-9-10-11-12/h6-7,12H,2-5,8-11H2,1H3. The number of hydrogen-bond donors (Lipinski definition) is 1. The minimum absolute atomic E-state index is 0.337. The topological polar surface area (TPSA) is 20.2 Å². The van der Waals surface area contributed by atoms with Crippen molar-refractivity contribution in [3.05, 3.63) is 12.2 Å². The summed E-state index contributed by atoms with van der Waals surface area (Å²) in [5, 5.41) is 8.51. The van der Waals surface area contributed by atoms with Crippen LogP contribution in [0.25, 0.3) is 0 Å². The molecular weight excluding hydrogens is 148 g/mol. The Kier molecular flexibility index (Phi) is 10.4. The highest BCUT2D eigenvalue weighted by atomic mass is 16.2. The molecule has 0 heterocycles. The van der Waals surface area contributed by atoms with E-state index in [2.05, 4.69) is 19.1 Å². The Labute approximate surface area is 76.5 Å². The van der Waals surface area contributed by atoms with Gasteiger partial charge < -0.3 is 5.11 Å². The van der Waals surface area contributed by atoms with Crippen LogP contribution >= 0.6 is 0 Å². The summed E-state index contributed by atoms with van der Waals surface area (Å²) in [6, 6.07) is 0. The first-order chi connectivity index (χ1) is 5.91. The molecule has 0 aliphatic rings. The molecule has 0 rings (SSSR count). The van der Waals surface area contributed by atoms with E-state index in [0.29, 0.717) is 6.61 Å². The van der Waals surface area contributed by atoms with E-state index >= 15 is 0 Å². The summed E-state index contributed by atoms with van der Waals surface area (Å²) in [4.78, 5) is 0. The summed E-state index contributed by atoms with van der Waals surface area (Å²) >= 11 is 0. The molecule has 1 N–H and O–H groups in total. The van der Waals surface area contributed by atoms with Gasteiger partial charge in [0.05, 0.1) is 0 Å². The van der Waals surface area contributed by atoms with Crippen LogP contribution in [0.3, 0.4) is 0 Å². The molecule has 0 aliphatic heterocycles. The Balaban J connectivity index is 2.93. The lowest BCUT2D eigenvalue weighted by Crippen LogP contribution is -1.80. The second-order valence-electron chi connectivity index (χ2n) is 3.19. The Hall–Kier alpha value is -0.300. The molecule has 0 saturated heterocycles. The summed E-state index contributed by atoms with van der Waals surface area (Å²) in [6.45, 7) is 2.56. The molecular formula is C11H22O. The molecule has 0 aromatic carbocycles. The Morgan fingerprint density at radius 2 is 1.50 bits per heavy atom. The molecule has 0 amide bonds. The summed E-state index contributed by atoms with van der Waals surface area (Å²) in [5.74, 6) is 0. The molecule has 72 valence electrons. The molecule has 0 bridgehead atoms. The maximum Gasteiger partial charge on any atom is 0.0431 e. The van der Waals surface area contributed by atoms with Crippen LogP contribution in [-0.4, -0.2) is 11.7 Å². The van der Waals surface area contributed by atoms with Crippen molar-refractivity contribution in [3.63, 3.8) is 0 Å². The van der Waals surface area contributed by atoms with Gasteiger partial charge in [0.25, 0.3) is 0 Å². The molecule has 0 aliphatic carbocycles. The molecule has 1 nitrogen and oxygen atoms in total. The van der Waals surface area contributed by atoms with Gasteiger partial charge in [-0.2, -0.15) is 0 Å². The molecule has 0 fully saturated rings. The van der Waals surface area contributed by atoms with Gasteiger partial charge in [-0.15, -0.1) is 0 Å². The predicted octanol–water partition coefficient (Wildman–Crippen LogP) is 3.29. The van der Waals surface area contributed by atoms with Gasteiger partial charge in [-0.1, -0.05) is 31.9 Å². The minimum atomic E-state index is 0.337. The zero-order valence-corrected chi connectivity index (χ0v) is 8.26. The molecule has 0 radical (unpaired) electrons. The van der Waals surface area contributed by atoms with Gasteiger partial charge in [-0.25, -0.2) is 0 Å². The molecule has 12 heavy (non-hydrogen) atoms. The maximum atomic E-state index is 8.51. The molecule has 1 heteroatoms. The van der Waals surface area contributed by atoms with E-state index in [1.54, 1.807) is 0 Å². The highest BCUT2D eigenvalue weighted by molar-refractivity contribution is 4.81. The highest BCUT2D eigenvalue weighted by Crippen LogP contribution is 2.01. The predicted molar refractivity (Wildman–Crippen MR) is 54.2 cm³/mol. The van der Waals surface area contributed by atoms with Crippen molar-refractivity contribution in [2.75, 3.05) is 6.61 Å². The lowest BCUT2D eigenvalue weighted by Gasteiger charge is -1.93. The number of allylic oxidation sites excluding steroid dienone is 2.